The third-order valence-electron chi connectivity index (χ3n) is 3.15. The maximum atomic E-state index is 3.83. The third-order valence-corrected chi connectivity index (χ3v) is 5.27. The highest BCUT2D eigenvalue weighted by molar-refractivity contribution is 7.99. The second-order valence-electron chi connectivity index (χ2n) is 4.47. The summed E-state index contributed by atoms with van der Waals surface area (Å²) < 4.78 is 0. The lowest BCUT2D eigenvalue weighted by Gasteiger charge is -2.27. The molecule has 0 aliphatic carbocycles. The summed E-state index contributed by atoms with van der Waals surface area (Å²) in [5, 5.41) is 6.01. The van der Waals surface area contributed by atoms with Gasteiger partial charge in [0, 0.05) is 22.7 Å². The molecule has 1 aromatic heterocycles. The molecule has 0 spiro atoms. The number of thioether (sulfide) groups is 1. The summed E-state index contributed by atoms with van der Waals surface area (Å²) in [4.78, 5) is 1.52. The van der Waals surface area contributed by atoms with Gasteiger partial charge in [-0.2, -0.15) is 11.8 Å². The van der Waals surface area contributed by atoms with Crippen LogP contribution in [-0.4, -0.2) is 23.6 Å². The van der Waals surface area contributed by atoms with Crippen LogP contribution in [0.25, 0.3) is 0 Å². The molecule has 1 fully saturated rings. The first-order chi connectivity index (χ1) is 7.88. The lowest BCUT2D eigenvalue weighted by Crippen LogP contribution is -2.42. The quantitative estimate of drug-likeness (QED) is 0.863. The molecule has 3 heteroatoms. The third kappa shape index (κ3) is 3.79. The average molecular weight is 255 g/mol. The van der Waals surface area contributed by atoms with Crippen LogP contribution in [-0.2, 0) is 6.42 Å². The van der Waals surface area contributed by atoms with Crippen LogP contribution >= 0.6 is 23.1 Å². The van der Waals surface area contributed by atoms with Gasteiger partial charge in [0.1, 0.15) is 0 Å². The predicted octanol–water partition coefficient (Wildman–Crippen LogP) is 3.55. The topological polar surface area (TPSA) is 12.0 Å². The van der Waals surface area contributed by atoms with Gasteiger partial charge in [-0.15, -0.1) is 11.3 Å². The molecular formula is C13H21NS2. The minimum absolute atomic E-state index is 0.669. The van der Waals surface area contributed by atoms with Crippen molar-refractivity contribution in [1.29, 1.82) is 0 Å². The number of thiophene rings is 1. The zero-order valence-electron chi connectivity index (χ0n) is 9.95. The zero-order valence-corrected chi connectivity index (χ0v) is 11.6. The van der Waals surface area contributed by atoms with E-state index in [0.717, 1.165) is 6.04 Å². The van der Waals surface area contributed by atoms with Crippen LogP contribution in [0.5, 0.6) is 0 Å². The Labute approximate surface area is 107 Å². The Morgan fingerprint density at radius 1 is 1.56 bits per heavy atom. The van der Waals surface area contributed by atoms with E-state index in [-0.39, 0.29) is 0 Å². The first-order valence-corrected chi connectivity index (χ1v) is 8.28. The van der Waals surface area contributed by atoms with Gasteiger partial charge < -0.3 is 5.32 Å². The molecule has 0 aromatic carbocycles. The van der Waals surface area contributed by atoms with Crippen molar-refractivity contribution >= 4 is 23.1 Å². The number of hydrogen-bond acceptors (Lipinski definition) is 3. The Morgan fingerprint density at radius 3 is 3.12 bits per heavy atom. The van der Waals surface area contributed by atoms with Crippen LogP contribution in [0, 0.1) is 0 Å². The highest BCUT2D eigenvalue weighted by atomic mass is 32.2. The summed E-state index contributed by atoms with van der Waals surface area (Å²) in [5.74, 6) is 2.67. The van der Waals surface area contributed by atoms with Crippen LogP contribution in [0.3, 0.4) is 0 Å². The molecular weight excluding hydrogens is 234 g/mol. The summed E-state index contributed by atoms with van der Waals surface area (Å²) in [5.41, 5.74) is 0. The molecule has 2 unspecified atom stereocenters. The lowest BCUT2D eigenvalue weighted by molar-refractivity contribution is 0.414. The minimum Gasteiger partial charge on any atom is -0.310 e. The van der Waals surface area contributed by atoms with Crippen molar-refractivity contribution in [2.24, 2.45) is 0 Å². The SMILES string of the molecule is CCC(Cc1cccs1)NC1CCCSC1. The molecule has 1 saturated heterocycles. The smallest absolute Gasteiger partial charge is 0.0161 e. The molecule has 1 nitrogen and oxygen atoms in total. The molecule has 0 saturated carbocycles. The van der Waals surface area contributed by atoms with E-state index in [4.69, 9.17) is 0 Å². The van der Waals surface area contributed by atoms with Gasteiger partial charge in [-0.3, -0.25) is 0 Å². The maximum Gasteiger partial charge on any atom is 0.0161 e. The standard InChI is InChI=1S/C13H21NS2/c1-2-11(9-13-6-4-8-16-13)14-12-5-3-7-15-10-12/h4,6,8,11-12,14H,2-3,5,7,9-10H2,1H3. The van der Waals surface area contributed by atoms with Gasteiger partial charge in [0.15, 0.2) is 0 Å². The predicted molar refractivity (Wildman–Crippen MR) is 75.6 cm³/mol. The van der Waals surface area contributed by atoms with Crippen LogP contribution in [0.4, 0.5) is 0 Å². The Bertz CT molecular complexity index is 278. The first kappa shape index (κ1) is 12.5. The van der Waals surface area contributed by atoms with E-state index in [1.807, 2.05) is 11.3 Å². The molecule has 16 heavy (non-hydrogen) atoms. The maximum absolute atomic E-state index is 3.83. The van der Waals surface area contributed by atoms with E-state index in [1.165, 1.54) is 42.1 Å². The van der Waals surface area contributed by atoms with Crippen molar-refractivity contribution in [3.05, 3.63) is 22.4 Å². The van der Waals surface area contributed by atoms with E-state index >= 15 is 0 Å². The molecule has 1 N–H and O–H groups in total. The number of hydrogen-bond donors (Lipinski definition) is 1. The van der Waals surface area contributed by atoms with E-state index in [1.54, 1.807) is 0 Å². The van der Waals surface area contributed by atoms with Crippen molar-refractivity contribution in [2.45, 2.75) is 44.7 Å². The van der Waals surface area contributed by atoms with Crippen molar-refractivity contribution in [1.82, 2.24) is 5.32 Å². The van der Waals surface area contributed by atoms with Gasteiger partial charge in [0.05, 0.1) is 0 Å². The van der Waals surface area contributed by atoms with Gasteiger partial charge in [0.25, 0.3) is 0 Å². The van der Waals surface area contributed by atoms with E-state index in [9.17, 15) is 0 Å². The van der Waals surface area contributed by atoms with Crippen molar-refractivity contribution < 1.29 is 0 Å². The Morgan fingerprint density at radius 2 is 2.50 bits per heavy atom. The van der Waals surface area contributed by atoms with Crippen LogP contribution in [0.2, 0.25) is 0 Å². The van der Waals surface area contributed by atoms with Crippen molar-refractivity contribution in [2.75, 3.05) is 11.5 Å². The minimum atomic E-state index is 0.669. The Balaban J connectivity index is 1.80. The molecule has 2 rings (SSSR count). The fourth-order valence-corrected chi connectivity index (χ4v) is 4.07. The highest BCUT2D eigenvalue weighted by Crippen LogP contribution is 2.19. The molecule has 0 amide bonds. The van der Waals surface area contributed by atoms with Gasteiger partial charge in [-0.05, 0) is 42.9 Å². The molecule has 0 bridgehead atoms. The fraction of sp³-hybridized carbons (Fsp3) is 0.692. The number of rotatable bonds is 5. The van der Waals surface area contributed by atoms with Gasteiger partial charge in [-0.25, -0.2) is 0 Å². The second kappa shape index (κ2) is 6.67. The average Bonchev–Trinajstić information content (AvgIpc) is 2.82. The van der Waals surface area contributed by atoms with E-state index < -0.39 is 0 Å². The first-order valence-electron chi connectivity index (χ1n) is 6.24. The monoisotopic (exact) mass is 255 g/mol. The van der Waals surface area contributed by atoms with Crippen molar-refractivity contribution in [3.63, 3.8) is 0 Å². The zero-order chi connectivity index (χ0) is 11.2. The van der Waals surface area contributed by atoms with Gasteiger partial charge in [0.2, 0.25) is 0 Å². The molecule has 90 valence electrons. The van der Waals surface area contributed by atoms with Gasteiger partial charge in [-0.1, -0.05) is 13.0 Å². The largest absolute Gasteiger partial charge is 0.310 e. The number of nitrogens with one attached hydrogen (secondary N) is 1. The second-order valence-corrected chi connectivity index (χ2v) is 6.65. The Hall–Kier alpha value is 0.01000. The van der Waals surface area contributed by atoms with E-state index in [0.29, 0.717) is 6.04 Å². The summed E-state index contributed by atoms with van der Waals surface area (Å²) in [7, 11) is 0. The summed E-state index contributed by atoms with van der Waals surface area (Å²) >= 11 is 3.99. The van der Waals surface area contributed by atoms with Crippen LogP contribution < -0.4 is 5.32 Å². The molecule has 1 aliphatic rings. The Kier molecular flexibility index (Phi) is 5.20. The summed E-state index contributed by atoms with van der Waals surface area (Å²) in [6, 6.07) is 5.83. The molecule has 1 aromatic rings. The molecule has 0 radical (unpaired) electrons. The summed E-state index contributed by atoms with van der Waals surface area (Å²) in [6.45, 7) is 2.29. The normalized spacial score (nSPS) is 23.2. The lowest BCUT2D eigenvalue weighted by atomic mass is 10.1. The van der Waals surface area contributed by atoms with Crippen LogP contribution in [0.15, 0.2) is 17.5 Å². The molecule has 2 heterocycles. The summed E-state index contributed by atoms with van der Waals surface area (Å²) in [6.07, 6.45) is 5.19. The molecule has 1 aliphatic heterocycles. The van der Waals surface area contributed by atoms with E-state index in [2.05, 4.69) is 41.5 Å². The molecule has 2 atom stereocenters. The van der Waals surface area contributed by atoms with Crippen molar-refractivity contribution in [3.8, 4) is 0 Å². The van der Waals surface area contributed by atoms with Gasteiger partial charge >= 0.3 is 0 Å². The fourth-order valence-electron chi connectivity index (χ4n) is 2.20. The highest BCUT2D eigenvalue weighted by Gasteiger charge is 2.17. The van der Waals surface area contributed by atoms with Crippen LogP contribution in [0.1, 0.15) is 31.1 Å².